The standard InChI is InChI=1S/C19H23NO4/c1-3-10-23-14-7-5-6-13-12-15(24-11-4-2)19(18(13)14)20-16(21)8-9-17(20)22/h5-9,15,19H,3-4,10-12H2,1-2H3/t15-,19+/m0/s1. The van der Waals surface area contributed by atoms with Gasteiger partial charge in [0.05, 0.1) is 18.8 Å². The summed E-state index contributed by atoms with van der Waals surface area (Å²) in [6.45, 7) is 5.29. The minimum atomic E-state index is -0.422. The summed E-state index contributed by atoms with van der Waals surface area (Å²) in [5, 5.41) is 0. The van der Waals surface area contributed by atoms with E-state index >= 15 is 0 Å². The summed E-state index contributed by atoms with van der Waals surface area (Å²) in [4.78, 5) is 25.8. The van der Waals surface area contributed by atoms with Crippen LogP contribution in [-0.4, -0.2) is 36.0 Å². The molecule has 2 atom stereocenters. The zero-order valence-corrected chi connectivity index (χ0v) is 14.2. The van der Waals surface area contributed by atoms with E-state index in [4.69, 9.17) is 9.47 Å². The molecular weight excluding hydrogens is 306 g/mol. The Balaban J connectivity index is 1.99. The topological polar surface area (TPSA) is 55.8 Å². The second-order valence-corrected chi connectivity index (χ2v) is 6.12. The molecule has 1 aromatic rings. The third kappa shape index (κ3) is 2.96. The minimum Gasteiger partial charge on any atom is -0.493 e. The average molecular weight is 329 g/mol. The van der Waals surface area contributed by atoms with E-state index in [2.05, 4.69) is 0 Å². The van der Waals surface area contributed by atoms with Gasteiger partial charge in [-0.05, 0) is 24.5 Å². The van der Waals surface area contributed by atoms with Crippen molar-refractivity contribution in [1.29, 1.82) is 0 Å². The van der Waals surface area contributed by atoms with Crippen molar-refractivity contribution >= 4 is 11.8 Å². The van der Waals surface area contributed by atoms with Crippen LogP contribution in [0.15, 0.2) is 30.4 Å². The van der Waals surface area contributed by atoms with Gasteiger partial charge in [-0.3, -0.25) is 14.5 Å². The average Bonchev–Trinajstić information content (AvgIpc) is 3.10. The van der Waals surface area contributed by atoms with E-state index in [1.807, 2.05) is 32.0 Å². The van der Waals surface area contributed by atoms with Gasteiger partial charge in [-0.2, -0.15) is 0 Å². The van der Waals surface area contributed by atoms with Crippen LogP contribution in [0.5, 0.6) is 5.75 Å². The fraction of sp³-hybridized carbons (Fsp3) is 0.474. The number of hydrogen-bond acceptors (Lipinski definition) is 4. The second kappa shape index (κ2) is 7.18. The van der Waals surface area contributed by atoms with Crippen molar-refractivity contribution in [2.24, 2.45) is 0 Å². The summed E-state index contributed by atoms with van der Waals surface area (Å²) in [6.07, 6.45) is 4.89. The van der Waals surface area contributed by atoms with Crippen molar-refractivity contribution in [1.82, 2.24) is 4.90 Å². The Hall–Kier alpha value is -2.14. The van der Waals surface area contributed by atoms with E-state index in [-0.39, 0.29) is 17.9 Å². The summed E-state index contributed by atoms with van der Waals surface area (Å²) in [6, 6.07) is 5.46. The van der Waals surface area contributed by atoms with E-state index in [0.717, 1.165) is 29.7 Å². The molecule has 5 heteroatoms. The van der Waals surface area contributed by atoms with Crippen LogP contribution >= 0.6 is 0 Å². The normalized spacial score (nSPS) is 22.3. The lowest BCUT2D eigenvalue weighted by Gasteiger charge is -2.29. The lowest BCUT2D eigenvalue weighted by Crippen LogP contribution is -2.40. The Labute approximate surface area is 142 Å². The molecule has 3 rings (SSSR count). The molecule has 0 unspecified atom stereocenters. The first-order chi connectivity index (χ1) is 11.7. The smallest absolute Gasteiger partial charge is 0.254 e. The van der Waals surface area contributed by atoms with Crippen molar-refractivity contribution in [3.8, 4) is 5.75 Å². The van der Waals surface area contributed by atoms with Crippen LogP contribution in [0.4, 0.5) is 0 Å². The van der Waals surface area contributed by atoms with Crippen molar-refractivity contribution in [2.75, 3.05) is 13.2 Å². The van der Waals surface area contributed by atoms with Crippen LogP contribution in [0.2, 0.25) is 0 Å². The van der Waals surface area contributed by atoms with Gasteiger partial charge in [0.1, 0.15) is 5.75 Å². The summed E-state index contributed by atoms with van der Waals surface area (Å²) >= 11 is 0. The van der Waals surface area contributed by atoms with Gasteiger partial charge in [0.2, 0.25) is 0 Å². The van der Waals surface area contributed by atoms with E-state index in [1.165, 1.54) is 17.1 Å². The number of fused-ring (bicyclic) bond motifs is 1. The molecule has 128 valence electrons. The number of imide groups is 1. The summed E-state index contributed by atoms with van der Waals surface area (Å²) in [5.74, 6) is 0.177. The lowest BCUT2D eigenvalue weighted by molar-refractivity contribution is -0.143. The quantitative estimate of drug-likeness (QED) is 0.722. The molecule has 0 spiro atoms. The first kappa shape index (κ1) is 16.7. The van der Waals surface area contributed by atoms with E-state index < -0.39 is 6.04 Å². The highest BCUT2D eigenvalue weighted by atomic mass is 16.5. The molecule has 24 heavy (non-hydrogen) atoms. The van der Waals surface area contributed by atoms with Gasteiger partial charge in [0, 0.05) is 30.7 Å². The summed E-state index contributed by atoms with van der Waals surface area (Å²) in [7, 11) is 0. The maximum Gasteiger partial charge on any atom is 0.254 e. The van der Waals surface area contributed by atoms with Crippen LogP contribution in [0, 0.1) is 0 Å². The Morgan fingerprint density at radius 3 is 2.46 bits per heavy atom. The molecule has 0 aromatic heterocycles. The number of rotatable bonds is 7. The van der Waals surface area contributed by atoms with Crippen LogP contribution < -0.4 is 4.74 Å². The maximum absolute atomic E-state index is 12.2. The van der Waals surface area contributed by atoms with Gasteiger partial charge in [0.15, 0.2) is 0 Å². The van der Waals surface area contributed by atoms with Crippen LogP contribution in [0.1, 0.15) is 43.9 Å². The first-order valence-corrected chi connectivity index (χ1v) is 8.58. The molecule has 5 nitrogen and oxygen atoms in total. The van der Waals surface area contributed by atoms with Gasteiger partial charge >= 0.3 is 0 Å². The number of nitrogens with zero attached hydrogens (tertiary/aromatic N) is 1. The summed E-state index contributed by atoms with van der Waals surface area (Å²) < 4.78 is 11.9. The molecule has 1 aliphatic heterocycles. The highest BCUT2D eigenvalue weighted by Gasteiger charge is 2.44. The van der Waals surface area contributed by atoms with Gasteiger partial charge in [-0.1, -0.05) is 26.0 Å². The highest BCUT2D eigenvalue weighted by Crippen LogP contribution is 2.44. The van der Waals surface area contributed by atoms with Crippen LogP contribution in [0.3, 0.4) is 0 Å². The molecule has 0 saturated heterocycles. The molecule has 1 aromatic carbocycles. The number of carbonyl (C=O) groups excluding carboxylic acids is 2. The predicted octanol–water partition coefficient (Wildman–Crippen LogP) is 2.79. The Kier molecular flexibility index (Phi) is 5.00. The van der Waals surface area contributed by atoms with Crippen molar-refractivity contribution in [3.05, 3.63) is 41.5 Å². The summed E-state index contributed by atoms with van der Waals surface area (Å²) in [5.41, 5.74) is 2.00. The molecule has 0 radical (unpaired) electrons. The molecule has 0 N–H and O–H groups in total. The fourth-order valence-electron chi connectivity index (χ4n) is 3.36. The number of carbonyl (C=O) groups is 2. The van der Waals surface area contributed by atoms with Crippen molar-refractivity contribution in [2.45, 2.75) is 45.3 Å². The zero-order valence-electron chi connectivity index (χ0n) is 14.2. The minimum absolute atomic E-state index is 0.223. The Morgan fingerprint density at radius 2 is 1.79 bits per heavy atom. The highest BCUT2D eigenvalue weighted by molar-refractivity contribution is 6.13. The third-order valence-corrected chi connectivity index (χ3v) is 4.34. The van der Waals surface area contributed by atoms with Crippen molar-refractivity contribution in [3.63, 3.8) is 0 Å². The van der Waals surface area contributed by atoms with E-state index in [1.54, 1.807) is 0 Å². The number of amides is 2. The largest absolute Gasteiger partial charge is 0.493 e. The molecular formula is C19H23NO4. The molecule has 0 fully saturated rings. The second-order valence-electron chi connectivity index (χ2n) is 6.12. The van der Waals surface area contributed by atoms with Crippen LogP contribution in [0.25, 0.3) is 0 Å². The van der Waals surface area contributed by atoms with Gasteiger partial charge in [0.25, 0.3) is 11.8 Å². The first-order valence-electron chi connectivity index (χ1n) is 8.58. The molecule has 1 heterocycles. The molecule has 2 aliphatic rings. The van der Waals surface area contributed by atoms with E-state index in [0.29, 0.717) is 19.6 Å². The fourth-order valence-corrected chi connectivity index (χ4v) is 3.36. The zero-order chi connectivity index (χ0) is 17.1. The van der Waals surface area contributed by atoms with Crippen LogP contribution in [-0.2, 0) is 20.7 Å². The third-order valence-electron chi connectivity index (χ3n) is 4.34. The molecule has 2 amide bonds. The molecule has 0 bridgehead atoms. The molecule has 0 saturated carbocycles. The number of benzene rings is 1. The SMILES string of the molecule is CCCOc1cccc2c1[C@H](N1C(=O)C=CC1=O)[C@@H](OCCC)C2. The monoisotopic (exact) mass is 329 g/mol. The van der Waals surface area contributed by atoms with Gasteiger partial charge in [-0.25, -0.2) is 0 Å². The van der Waals surface area contributed by atoms with Crippen molar-refractivity contribution < 1.29 is 19.1 Å². The maximum atomic E-state index is 12.2. The van der Waals surface area contributed by atoms with Gasteiger partial charge < -0.3 is 9.47 Å². The predicted molar refractivity (Wildman–Crippen MR) is 89.7 cm³/mol. The van der Waals surface area contributed by atoms with Gasteiger partial charge in [-0.15, -0.1) is 0 Å². The number of hydrogen-bond donors (Lipinski definition) is 0. The number of ether oxygens (including phenoxy) is 2. The molecule has 1 aliphatic carbocycles. The lowest BCUT2D eigenvalue weighted by atomic mass is 10.0. The Morgan fingerprint density at radius 1 is 1.08 bits per heavy atom. The van der Waals surface area contributed by atoms with E-state index in [9.17, 15) is 9.59 Å². The Bertz CT molecular complexity index is 649.